The minimum atomic E-state index is -4.55. The molecule has 0 spiro atoms. The molecule has 0 aliphatic rings. The molecule has 0 saturated heterocycles. The van der Waals surface area contributed by atoms with Crippen LogP contribution >= 0.6 is 0 Å². The minimum Gasteiger partial charge on any atom is -1.00 e. The number of rotatable bonds is 9. The van der Waals surface area contributed by atoms with Crippen molar-refractivity contribution < 1.29 is 67.7 Å². The van der Waals surface area contributed by atoms with E-state index in [0.29, 0.717) is 22.8 Å². The van der Waals surface area contributed by atoms with E-state index in [2.05, 4.69) is 9.97 Å². The van der Waals surface area contributed by atoms with Gasteiger partial charge < -0.3 is 20.7 Å². The molecule has 0 amide bonds. The van der Waals surface area contributed by atoms with Crippen LogP contribution in [0.1, 0.15) is 28.6 Å². The zero-order valence-corrected chi connectivity index (χ0v) is 25.8. The summed E-state index contributed by atoms with van der Waals surface area (Å²) < 4.78 is 58.6. The van der Waals surface area contributed by atoms with Crippen molar-refractivity contribution in [1.82, 2.24) is 13.9 Å². The second-order valence-electron chi connectivity index (χ2n) is 8.23. The summed E-state index contributed by atoms with van der Waals surface area (Å²) in [5, 5.41) is 9.19. The standard InChI is InChI=1S/C25H25N3O8S2.Na.H/c1-14-12-26-19(15(2)23(14)36-5)13-37(31)25-27-18-11-17(34-3)7-8-20(18)28(25)38(32,33)22-10-16(24(29)30)6-9-21(22)35-4;;/h6-12H,13H2,1-5H3,(H,29,30);;/q;+1;-1. The molecule has 2 heterocycles. The number of carbonyl (C=O) groups is 1. The molecule has 14 heteroatoms. The summed E-state index contributed by atoms with van der Waals surface area (Å²) in [6.07, 6.45) is 1.59. The zero-order valence-electron chi connectivity index (χ0n) is 23.2. The van der Waals surface area contributed by atoms with Gasteiger partial charge in [0, 0.05) is 23.4 Å². The van der Waals surface area contributed by atoms with Crippen molar-refractivity contribution in [2.45, 2.75) is 29.7 Å². The van der Waals surface area contributed by atoms with Gasteiger partial charge in [-0.1, -0.05) is 0 Å². The second-order valence-corrected chi connectivity index (χ2v) is 11.3. The molecule has 4 rings (SSSR count). The average molecular weight is 584 g/mol. The van der Waals surface area contributed by atoms with Crippen LogP contribution in [0.4, 0.5) is 0 Å². The Hall–Kier alpha value is -2.97. The molecule has 1 N–H and O–H groups in total. The Bertz CT molecular complexity index is 1710. The van der Waals surface area contributed by atoms with Gasteiger partial charge in [0.05, 0.1) is 60.2 Å². The summed E-state index contributed by atoms with van der Waals surface area (Å²) in [5.41, 5.74) is 2.00. The maximum atomic E-state index is 14.1. The SMILES string of the molecule is COc1ccc2c(c1)nc(S(=O)Cc1ncc(C)c(OC)c1C)n2S(=O)(=O)c1cc(C(=O)O)ccc1OC.[H-].[Na+]. The number of aromatic carboxylic acids is 1. The van der Waals surface area contributed by atoms with E-state index in [1.807, 2.05) is 6.92 Å². The quantitative estimate of drug-likeness (QED) is 0.275. The summed E-state index contributed by atoms with van der Waals surface area (Å²) in [4.78, 5) is 20.0. The van der Waals surface area contributed by atoms with Gasteiger partial charge in [0.15, 0.2) is 0 Å². The zero-order chi connectivity index (χ0) is 27.8. The molecule has 4 aromatic rings. The van der Waals surface area contributed by atoms with Crippen molar-refractivity contribution in [3.05, 3.63) is 65.0 Å². The summed E-state index contributed by atoms with van der Waals surface area (Å²) in [7, 11) is -2.31. The van der Waals surface area contributed by atoms with Gasteiger partial charge in [0.1, 0.15) is 22.1 Å². The molecule has 0 bridgehead atoms. The first-order valence-corrected chi connectivity index (χ1v) is 13.9. The second kappa shape index (κ2) is 12.0. The molecule has 1 atom stereocenters. The van der Waals surface area contributed by atoms with Crippen molar-refractivity contribution >= 4 is 37.8 Å². The molecular weight excluding hydrogens is 557 g/mol. The monoisotopic (exact) mass is 583 g/mol. The molecule has 2 aromatic carbocycles. The van der Waals surface area contributed by atoms with Gasteiger partial charge in [-0.2, -0.15) is 0 Å². The fourth-order valence-electron chi connectivity index (χ4n) is 4.03. The third-order valence-electron chi connectivity index (χ3n) is 5.94. The fourth-order valence-corrected chi connectivity index (χ4v) is 7.27. The first-order chi connectivity index (χ1) is 18.0. The summed E-state index contributed by atoms with van der Waals surface area (Å²) in [5.74, 6) is -0.535. The summed E-state index contributed by atoms with van der Waals surface area (Å²) >= 11 is 0. The van der Waals surface area contributed by atoms with Crippen molar-refractivity contribution in [3.8, 4) is 17.2 Å². The van der Waals surface area contributed by atoms with Gasteiger partial charge in [-0.05, 0) is 44.2 Å². The predicted molar refractivity (Wildman–Crippen MR) is 140 cm³/mol. The third-order valence-corrected chi connectivity index (χ3v) is 9.00. The van der Waals surface area contributed by atoms with E-state index in [1.54, 1.807) is 19.2 Å². The molecular formula is C25H26N3NaO8S2. The number of hydrogen-bond donors (Lipinski definition) is 1. The molecule has 0 radical (unpaired) electrons. The van der Waals surface area contributed by atoms with Crippen LogP contribution in [-0.4, -0.2) is 59.0 Å². The van der Waals surface area contributed by atoms with Crippen LogP contribution < -0.4 is 43.8 Å². The van der Waals surface area contributed by atoms with Crippen molar-refractivity contribution in [2.75, 3.05) is 21.3 Å². The predicted octanol–water partition coefficient (Wildman–Crippen LogP) is 0.433. The number of nitrogens with zero attached hydrogens (tertiary/aromatic N) is 3. The Kier molecular flexibility index (Phi) is 9.44. The van der Waals surface area contributed by atoms with E-state index >= 15 is 0 Å². The number of imidazole rings is 1. The van der Waals surface area contributed by atoms with Crippen LogP contribution in [0.15, 0.2) is 52.6 Å². The molecule has 202 valence electrons. The average Bonchev–Trinajstić information content (AvgIpc) is 3.30. The van der Waals surface area contributed by atoms with E-state index in [-0.39, 0.29) is 64.2 Å². The molecule has 39 heavy (non-hydrogen) atoms. The van der Waals surface area contributed by atoms with E-state index < -0.39 is 31.7 Å². The normalized spacial score (nSPS) is 12.0. The van der Waals surface area contributed by atoms with E-state index in [0.717, 1.165) is 15.6 Å². The molecule has 0 saturated carbocycles. The van der Waals surface area contributed by atoms with Crippen molar-refractivity contribution in [1.29, 1.82) is 0 Å². The van der Waals surface area contributed by atoms with Gasteiger partial charge in [0.2, 0.25) is 5.16 Å². The Balaban J connectivity index is 0.00000280. The molecule has 2 aromatic heterocycles. The van der Waals surface area contributed by atoms with Crippen LogP contribution in [0.3, 0.4) is 0 Å². The number of methoxy groups -OCH3 is 3. The third kappa shape index (κ3) is 5.68. The van der Waals surface area contributed by atoms with E-state index in [4.69, 9.17) is 14.2 Å². The first kappa shape index (κ1) is 30.6. The minimum absolute atomic E-state index is 0. The van der Waals surface area contributed by atoms with Gasteiger partial charge >= 0.3 is 35.5 Å². The number of carboxylic acids is 1. The first-order valence-electron chi connectivity index (χ1n) is 11.1. The Morgan fingerprint density at radius 3 is 2.41 bits per heavy atom. The molecule has 1 unspecified atom stereocenters. The van der Waals surface area contributed by atoms with Crippen LogP contribution in [0.5, 0.6) is 17.2 Å². The van der Waals surface area contributed by atoms with E-state index in [9.17, 15) is 22.5 Å². The molecule has 0 aliphatic heterocycles. The van der Waals surface area contributed by atoms with Crippen molar-refractivity contribution in [3.63, 3.8) is 0 Å². The van der Waals surface area contributed by atoms with Crippen LogP contribution in [0.2, 0.25) is 0 Å². The Morgan fingerprint density at radius 2 is 1.79 bits per heavy atom. The largest absolute Gasteiger partial charge is 1.00 e. The number of carboxylic acid groups (broad SMARTS) is 1. The molecule has 11 nitrogen and oxygen atoms in total. The topological polar surface area (TPSA) is 147 Å². The van der Waals surface area contributed by atoms with Crippen LogP contribution in [0, 0.1) is 13.8 Å². The van der Waals surface area contributed by atoms with Gasteiger partial charge in [-0.15, -0.1) is 0 Å². The van der Waals surface area contributed by atoms with E-state index in [1.165, 1.54) is 45.6 Å². The van der Waals surface area contributed by atoms with Crippen molar-refractivity contribution in [2.24, 2.45) is 0 Å². The van der Waals surface area contributed by atoms with Gasteiger partial charge in [0.25, 0.3) is 10.0 Å². The summed E-state index contributed by atoms with van der Waals surface area (Å²) in [6.45, 7) is 3.61. The maximum Gasteiger partial charge on any atom is 1.00 e. The smallest absolute Gasteiger partial charge is 1.00 e. The molecule has 0 aliphatic carbocycles. The maximum absolute atomic E-state index is 14.1. The summed E-state index contributed by atoms with van der Waals surface area (Å²) in [6, 6.07) is 8.02. The number of ether oxygens (including phenoxy) is 3. The number of fused-ring (bicyclic) bond motifs is 1. The Labute approximate surface area is 251 Å². The number of benzene rings is 2. The number of aryl methyl sites for hydroxylation is 1. The van der Waals surface area contributed by atoms with Crippen LogP contribution in [-0.2, 0) is 26.6 Å². The number of aromatic nitrogens is 3. The Morgan fingerprint density at radius 1 is 1.08 bits per heavy atom. The van der Waals surface area contributed by atoms with Crippen LogP contribution in [0.25, 0.3) is 11.0 Å². The van der Waals surface area contributed by atoms with Gasteiger partial charge in [-0.3, -0.25) is 9.19 Å². The fraction of sp³-hybridized carbons (Fsp3) is 0.240. The number of hydrogen-bond acceptors (Lipinski definition) is 9. The molecule has 0 fully saturated rings. The van der Waals surface area contributed by atoms with Gasteiger partial charge in [-0.25, -0.2) is 22.2 Å². The number of pyridine rings is 1.